The van der Waals surface area contributed by atoms with Gasteiger partial charge in [0.05, 0.1) is 18.4 Å². The van der Waals surface area contributed by atoms with Gasteiger partial charge in [-0.1, -0.05) is 29.0 Å². The number of hydrogen-bond donors (Lipinski definition) is 1. The maximum atomic E-state index is 5.65. The van der Waals surface area contributed by atoms with E-state index in [9.17, 15) is 0 Å². The fourth-order valence-electron chi connectivity index (χ4n) is 1.84. The minimum absolute atomic E-state index is 0.601. The zero-order valence-electron chi connectivity index (χ0n) is 11.5. The number of nitrogens with zero attached hydrogens (tertiary/aromatic N) is 3. The first-order chi connectivity index (χ1) is 9.70. The van der Waals surface area contributed by atoms with E-state index in [2.05, 4.69) is 22.3 Å². The van der Waals surface area contributed by atoms with Gasteiger partial charge in [-0.15, -0.1) is 5.10 Å². The molecule has 0 atom stereocenters. The van der Waals surface area contributed by atoms with Gasteiger partial charge < -0.3 is 10.1 Å². The van der Waals surface area contributed by atoms with Crippen molar-refractivity contribution in [1.29, 1.82) is 0 Å². The molecule has 0 unspecified atom stereocenters. The van der Waals surface area contributed by atoms with Crippen molar-refractivity contribution in [2.24, 2.45) is 0 Å². The highest BCUT2D eigenvalue weighted by atomic mass is 32.1. The predicted octanol–water partition coefficient (Wildman–Crippen LogP) is 2.90. The molecule has 0 bridgehead atoms. The molecule has 20 heavy (non-hydrogen) atoms. The van der Waals surface area contributed by atoms with Crippen molar-refractivity contribution in [2.45, 2.75) is 13.8 Å². The van der Waals surface area contributed by atoms with Crippen LogP contribution in [-0.4, -0.2) is 27.7 Å². The quantitative estimate of drug-likeness (QED) is 0.733. The van der Waals surface area contributed by atoms with Crippen LogP contribution in [0.2, 0.25) is 0 Å². The average Bonchev–Trinajstić information content (AvgIpc) is 2.93. The molecule has 2 heterocycles. The molecule has 3 aromatic rings. The molecule has 0 aliphatic heterocycles. The molecule has 0 spiro atoms. The zero-order valence-corrected chi connectivity index (χ0v) is 12.3. The fraction of sp³-hybridized carbons (Fsp3) is 0.286. The summed E-state index contributed by atoms with van der Waals surface area (Å²) in [4.78, 5) is 5.27. The second-order valence-electron chi connectivity index (χ2n) is 4.60. The van der Waals surface area contributed by atoms with E-state index in [1.54, 1.807) is 15.9 Å². The molecule has 104 valence electrons. The van der Waals surface area contributed by atoms with Crippen molar-refractivity contribution in [3.05, 3.63) is 41.7 Å². The van der Waals surface area contributed by atoms with Crippen LogP contribution in [0.4, 0.5) is 5.13 Å². The Morgan fingerprint density at radius 2 is 2.05 bits per heavy atom. The summed E-state index contributed by atoms with van der Waals surface area (Å²) >= 11 is 1.54. The second kappa shape index (κ2) is 5.50. The SMILES string of the molecule is Cc1ccc(OCCNc2nn3cc(C)nc3s2)cc1. The first kappa shape index (κ1) is 12.9. The van der Waals surface area contributed by atoms with Crippen LogP contribution < -0.4 is 10.1 Å². The lowest BCUT2D eigenvalue weighted by Crippen LogP contribution is -2.11. The van der Waals surface area contributed by atoms with E-state index in [4.69, 9.17) is 4.74 Å². The third-order valence-electron chi connectivity index (χ3n) is 2.83. The largest absolute Gasteiger partial charge is 0.492 e. The van der Waals surface area contributed by atoms with Crippen LogP contribution in [0.3, 0.4) is 0 Å². The summed E-state index contributed by atoms with van der Waals surface area (Å²) in [6, 6.07) is 8.05. The summed E-state index contributed by atoms with van der Waals surface area (Å²) in [7, 11) is 0. The number of rotatable bonds is 5. The molecule has 3 rings (SSSR count). The molecular formula is C14H16N4OS. The van der Waals surface area contributed by atoms with E-state index < -0.39 is 0 Å². The third-order valence-corrected chi connectivity index (χ3v) is 3.71. The van der Waals surface area contributed by atoms with E-state index in [0.29, 0.717) is 13.2 Å². The topological polar surface area (TPSA) is 51.5 Å². The first-order valence-corrected chi connectivity index (χ1v) is 7.28. The molecule has 5 nitrogen and oxygen atoms in total. The van der Waals surface area contributed by atoms with Crippen LogP contribution in [0.25, 0.3) is 4.96 Å². The number of anilines is 1. The molecule has 0 saturated carbocycles. The summed E-state index contributed by atoms with van der Waals surface area (Å²) in [5, 5.41) is 8.50. The molecule has 1 N–H and O–H groups in total. The van der Waals surface area contributed by atoms with Crippen LogP contribution in [0.15, 0.2) is 30.5 Å². The smallest absolute Gasteiger partial charge is 0.214 e. The summed E-state index contributed by atoms with van der Waals surface area (Å²) in [5.74, 6) is 0.891. The summed E-state index contributed by atoms with van der Waals surface area (Å²) in [6.07, 6.45) is 1.92. The second-order valence-corrected chi connectivity index (χ2v) is 5.56. The van der Waals surface area contributed by atoms with Gasteiger partial charge in [-0.25, -0.2) is 9.50 Å². The number of aryl methyl sites for hydroxylation is 2. The number of hydrogen-bond acceptors (Lipinski definition) is 5. The Morgan fingerprint density at radius 3 is 2.80 bits per heavy atom. The molecule has 2 aromatic heterocycles. The van der Waals surface area contributed by atoms with E-state index >= 15 is 0 Å². The number of aromatic nitrogens is 3. The Hall–Kier alpha value is -2.08. The highest BCUT2D eigenvalue weighted by Crippen LogP contribution is 2.18. The Bertz CT molecular complexity index is 670. The highest BCUT2D eigenvalue weighted by Gasteiger charge is 2.05. The van der Waals surface area contributed by atoms with Gasteiger partial charge in [0.15, 0.2) is 0 Å². The Morgan fingerprint density at radius 1 is 1.25 bits per heavy atom. The monoisotopic (exact) mass is 288 g/mol. The van der Waals surface area contributed by atoms with Gasteiger partial charge in [0.25, 0.3) is 0 Å². The number of nitrogens with one attached hydrogen (secondary N) is 1. The first-order valence-electron chi connectivity index (χ1n) is 6.47. The number of fused-ring (bicyclic) bond motifs is 1. The van der Waals surface area contributed by atoms with Gasteiger partial charge in [0, 0.05) is 0 Å². The number of ether oxygens (including phenoxy) is 1. The van der Waals surface area contributed by atoms with Gasteiger partial charge in [-0.05, 0) is 26.0 Å². The molecule has 0 amide bonds. The Kier molecular flexibility index (Phi) is 3.56. The molecule has 0 aliphatic rings. The summed E-state index contributed by atoms with van der Waals surface area (Å²) < 4.78 is 7.44. The molecule has 0 radical (unpaired) electrons. The van der Waals surface area contributed by atoms with Crippen molar-refractivity contribution in [3.63, 3.8) is 0 Å². The molecule has 0 fully saturated rings. The minimum Gasteiger partial charge on any atom is -0.492 e. The Balaban J connectivity index is 1.49. The lowest BCUT2D eigenvalue weighted by molar-refractivity contribution is 0.333. The van der Waals surface area contributed by atoms with Crippen LogP contribution in [0.1, 0.15) is 11.3 Å². The zero-order chi connectivity index (χ0) is 13.9. The van der Waals surface area contributed by atoms with Crippen LogP contribution >= 0.6 is 11.3 Å². The molecule has 0 aliphatic carbocycles. The van der Waals surface area contributed by atoms with Gasteiger partial charge in [-0.2, -0.15) is 0 Å². The van der Waals surface area contributed by atoms with E-state index in [1.165, 1.54) is 5.56 Å². The van der Waals surface area contributed by atoms with Crippen molar-refractivity contribution in [3.8, 4) is 5.75 Å². The Labute approximate surface area is 121 Å². The number of benzene rings is 1. The van der Waals surface area contributed by atoms with Crippen molar-refractivity contribution < 1.29 is 4.74 Å². The fourth-order valence-corrected chi connectivity index (χ4v) is 2.69. The molecule has 6 heteroatoms. The van der Waals surface area contributed by atoms with Gasteiger partial charge in [-0.3, -0.25) is 0 Å². The van der Waals surface area contributed by atoms with Crippen LogP contribution in [-0.2, 0) is 0 Å². The standard InChI is InChI=1S/C14H16N4OS/c1-10-3-5-12(6-4-10)19-8-7-15-13-17-18-9-11(2)16-14(18)20-13/h3-6,9H,7-8H2,1-2H3,(H,15,17). The van der Waals surface area contributed by atoms with Gasteiger partial charge >= 0.3 is 0 Å². The maximum Gasteiger partial charge on any atom is 0.214 e. The predicted molar refractivity (Wildman–Crippen MR) is 80.8 cm³/mol. The van der Waals surface area contributed by atoms with Gasteiger partial charge in [0.1, 0.15) is 12.4 Å². The van der Waals surface area contributed by atoms with E-state index in [1.807, 2.05) is 37.4 Å². The maximum absolute atomic E-state index is 5.65. The van der Waals surface area contributed by atoms with Crippen molar-refractivity contribution >= 4 is 21.4 Å². The van der Waals surface area contributed by atoms with Gasteiger partial charge in [0.2, 0.25) is 10.1 Å². The van der Waals surface area contributed by atoms with E-state index in [0.717, 1.165) is 21.5 Å². The highest BCUT2D eigenvalue weighted by molar-refractivity contribution is 7.20. The molecular weight excluding hydrogens is 272 g/mol. The minimum atomic E-state index is 0.601. The van der Waals surface area contributed by atoms with Crippen LogP contribution in [0, 0.1) is 13.8 Å². The summed E-state index contributed by atoms with van der Waals surface area (Å²) in [5.41, 5.74) is 2.22. The lowest BCUT2D eigenvalue weighted by Gasteiger charge is -2.06. The third kappa shape index (κ3) is 2.91. The summed E-state index contributed by atoms with van der Waals surface area (Å²) in [6.45, 7) is 5.34. The average molecular weight is 288 g/mol. The molecule has 1 aromatic carbocycles. The number of imidazole rings is 1. The van der Waals surface area contributed by atoms with Crippen molar-refractivity contribution in [2.75, 3.05) is 18.5 Å². The molecule has 0 saturated heterocycles. The lowest BCUT2D eigenvalue weighted by atomic mass is 10.2. The van der Waals surface area contributed by atoms with Crippen molar-refractivity contribution in [1.82, 2.24) is 14.6 Å². The normalized spacial score (nSPS) is 10.9. The van der Waals surface area contributed by atoms with Crippen LogP contribution in [0.5, 0.6) is 5.75 Å². The van der Waals surface area contributed by atoms with E-state index in [-0.39, 0.29) is 0 Å².